The highest BCUT2D eigenvalue weighted by molar-refractivity contribution is 8.00. The highest BCUT2D eigenvalue weighted by Crippen LogP contribution is 2.41. The molecular formula is C15H29N3S. The molecular weight excluding hydrogens is 254 g/mol. The van der Waals surface area contributed by atoms with Gasteiger partial charge in [-0.1, -0.05) is 13.8 Å². The average Bonchev–Trinajstić information content (AvgIpc) is 2.61. The van der Waals surface area contributed by atoms with Gasteiger partial charge in [-0.15, -0.1) is 0 Å². The van der Waals surface area contributed by atoms with E-state index >= 15 is 0 Å². The highest BCUT2D eigenvalue weighted by atomic mass is 32.2. The SMILES string of the molecule is CC1(C)CCN(C2(CN)CN3CCC2CC3)CCS1. The van der Waals surface area contributed by atoms with E-state index in [1.807, 2.05) is 0 Å². The monoisotopic (exact) mass is 283 g/mol. The first kappa shape index (κ1) is 14.2. The first-order valence-electron chi connectivity index (χ1n) is 7.87. The lowest BCUT2D eigenvalue weighted by Gasteiger charge is -2.57. The van der Waals surface area contributed by atoms with Crippen LogP contribution in [0.5, 0.6) is 0 Å². The number of fused-ring (bicyclic) bond motifs is 3. The molecule has 0 aromatic carbocycles. The Balaban J connectivity index is 1.78. The molecule has 4 aliphatic rings. The largest absolute Gasteiger partial charge is 0.329 e. The molecule has 110 valence electrons. The van der Waals surface area contributed by atoms with Gasteiger partial charge in [-0.2, -0.15) is 11.8 Å². The number of hydrogen-bond donors (Lipinski definition) is 1. The van der Waals surface area contributed by atoms with Crippen LogP contribution in [-0.2, 0) is 0 Å². The van der Waals surface area contributed by atoms with Gasteiger partial charge in [-0.05, 0) is 38.3 Å². The van der Waals surface area contributed by atoms with Crippen LogP contribution < -0.4 is 5.73 Å². The minimum Gasteiger partial charge on any atom is -0.329 e. The molecule has 0 radical (unpaired) electrons. The molecule has 0 spiro atoms. The molecule has 0 aromatic heterocycles. The summed E-state index contributed by atoms with van der Waals surface area (Å²) in [5.41, 5.74) is 6.59. The zero-order valence-corrected chi connectivity index (χ0v) is 13.3. The predicted molar refractivity (Wildman–Crippen MR) is 83.7 cm³/mol. The van der Waals surface area contributed by atoms with Gasteiger partial charge in [0.05, 0.1) is 0 Å². The summed E-state index contributed by atoms with van der Waals surface area (Å²) < 4.78 is 0.443. The van der Waals surface area contributed by atoms with Gasteiger partial charge >= 0.3 is 0 Å². The molecule has 0 aromatic rings. The number of piperidine rings is 3. The zero-order valence-electron chi connectivity index (χ0n) is 12.5. The molecule has 0 aliphatic carbocycles. The maximum absolute atomic E-state index is 6.30. The van der Waals surface area contributed by atoms with E-state index < -0.39 is 0 Å². The molecule has 4 aliphatic heterocycles. The van der Waals surface area contributed by atoms with Crippen molar-refractivity contribution in [3.05, 3.63) is 0 Å². The van der Waals surface area contributed by atoms with Crippen molar-refractivity contribution < 1.29 is 0 Å². The minimum absolute atomic E-state index is 0.289. The lowest BCUT2D eigenvalue weighted by molar-refractivity contribution is -0.0650. The second-order valence-corrected chi connectivity index (χ2v) is 9.01. The Bertz CT molecular complexity index is 325. The summed E-state index contributed by atoms with van der Waals surface area (Å²) >= 11 is 2.14. The Morgan fingerprint density at radius 3 is 2.47 bits per heavy atom. The van der Waals surface area contributed by atoms with Gasteiger partial charge < -0.3 is 10.6 Å². The molecule has 1 atom stereocenters. The van der Waals surface area contributed by atoms with Crippen molar-refractivity contribution >= 4 is 11.8 Å². The molecule has 3 nitrogen and oxygen atoms in total. The Morgan fingerprint density at radius 2 is 1.89 bits per heavy atom. The summed E-state index contributed by atoms with van der Waals surface area (Å²) in [4.78, 5) is 5.42. The van der Waals surface area contributed by atoms with Crippen LogP contribution in [0.1, 0.15) is 33.1 Å². The Labute approximate surface area is 122 Å². The van der Waals surface area contributed by atoms with Crippen LogP contribution in [0.4, 0.5) is 0 Å². The van der Waals surface area contributed by atoms with Gasteiger partial charge in [-0.25, -0.2) is 0 Å². The van der Waals surface area contributed by atoms with E-state index in [1.54, 1.807) is 0 Å². The van der Waals surface area contributed by atoms with Crippen molar-refractivity contribution in [1.82, 2.24) is 9.80 Å². The topological polar surface area (TPSA) is 32.5 Å². The van der Waals surface area contributed by atoms with Crippen molar-refractivity contribution in [2.75, 3.05) is 45.0 Å². The van der Waals surface area contributed by atoms with Crippen molar-refractivity contribution in [2.24, 2.45) is 11.7 Å². The molecule has 4 fully saturated rings. The molecule has 4 heterocycles. The van der Waals surface area contributed by atoms with Crippen molar-refractivity contribution in [1.29, 1.82) is 0 Å². The predicted octanol–water partition coefficient (Wildman–Crippen LogP) is 1.63. The summed E-state index contributed by atoms with van der Waals surface area (Å²) in [5.74, 6) is 2.11. The number of nitrogens with two attached hydrogens (primary N) is 1. The lowest BCUT2D eigenvalue weighted by atomic mass is 9.71. The van der Waals surface area contributed by atoms with Gasteiger partial charge in [0.2, 0.25) is 0 Å². The van der Waals surface area contributed by atoms with Crippen molar-refractivity contribution in [3.63, 3.8) is 0 Å². The maximum Gasteiger partial charge on any atom is 0.0487 e. The second-order valence-electron chi connectivity index (χ2n) is 7.20. The molecule has 19 heavy (non-hydrogen) atoms. The molecule has 2 N–H and O–H groups in total. The fourth-order valence-corrected chi connectivity index (χ4v) is 5.43. The quantitative estimate of drug-likeness (QED) is 0.835. The summed E-state index contributed by atoms with van der Waals surface area (Å²) in [6, 6.07) is 0. The fourth-order valence-electron chi connectivity index (χ4n) is 4.33. The van der Waals surface area contributed by atoms with Crippen LogP contribution in [0.25, 0.3) is 0 Å². The van der Waals surface area contributed by atoms with E-state index in [4.69, 9.17) is 5.73 Å². The van der Waals surface area contributed by atoms with E-state index in [1.165, 1.54) is 57.7 Å². The lowest BCUT2D eigenvalue weighted by Crippen LogP contribution is -2.70. The van der Waals surface area contributed by atoms with Crippen molar-refractivity contribution in [2.45, 2.75) is 43.4 Å². The molecule has 2 bridgehead atoms. The third kappa shape index (κ3) is 2.57. The van der Waals surface area contributed by atoms with E-state index in [2.05, 4.69) is 35.4 Å². The average molecular weight is 283 g/mol. The summed E-state index contributed by atoms with van der Waals surface area (Å²) in [5, 5.41) is 0. The van der Waals surface area contributed by atoms with Gasteiger partial charge in [0.1, 0.15) is 0 Å². The second kappa shape index (κ2) is 5.21. The maximum atomic E-state index is 6.30. The summed E-state index contributed by atoms with van der Waals surface area (Å²) in [7, 11) is 0. The Morgan fingerprint density at radius 1 is 1.16 bits per heavy atom. The summed E-state index contributed by atoms with van der Waals surface area (Å²) in [6.07, 6.45) is 4.03. The Hall–Kier alpha value is 0.230. The van der Waals surface area contributed by atoms with Crippen LogP contribution >= 0.6 is 11.8 Å². The number of hydrogen-bond acceptors (Lipinski definition) is 4. The smallest absolute Gasteiger partial charge is 0.0487 e. The van der Waals surface area contributed by atoms with Gasteiger partial charge in [-0.3, -0.25) is 4.90 Å². The van der Waals surface area contributed by atoms with Gasteiger partial charge in [0.25, 0.3) is 0 Å². The molecule has 1 unspecified atom stereocenters. The minimum atomic E-state index is 0.289. The van der Waals surface area contributed by atoms with Crippen molar-refractivity contribution in [3.8, 4) is 0 Å². The number of rotatable bonds is 2. The fraction of sp³-hybridized carbons (Fsp3) is 1.00. The molecule has 0 amide bonds. The molecule has 4 heteroatoms. The molecule has 4 rings (SSSR count). The van der Waals surface area contributed by atoms with Crippen LogP contribution in [-0.4, -0.2) is 65.1 Å². The Kier molecular flexibility index (Phi) is 3.89. The highest BCUT2D eigenvalue weighted by Gasteiger charge is 2.49. The van der Waals surface area contributed by atoms with Gasteiger partial charge in [0, 0.05) is 42.2 Å². The van der Waals surface area contributed by atoms with Crippen LogP contribution in [0, 0.1) is 5.92 Å². The van der Waals surface area contributed by atoms with Crippen LogP contribution in [0.15, 0.2) is 0 Å². The standard InChI is InChI=1S/C15H29N3S/c1-14(2)5-8-18(9-10-19-14)15(11-16)12-17-6-3-13(15)4-7-17/h13H,3-12,16H2,1-2H3. The first-order valence-corrected chi connectivity index (χ1v) is 8.86. The normalized spacial score (nSPS) is 43.1. The third-order valence-corrected chi connectivity index (χ3v) is 7.04. The van der Waals surface area contributed by atoms with E-state index in [0.717, 1.165) is 12.5 Å². The van der Waals surface area contributed by atoms with Crippen LogP contribution in [0.3, 0.4) is 0 Å². The summed E-state index contributed by atoms with van der Waals surface area (Å²) in [6.45, 7) is 11.9. The van der Waals surface area contributed by atoms with E-state index in [9.17, 15) is 0 Å². The van der Waals surface area contributed by atoms with E-state index in [0.29, 0.717) is 4.75 Å². The first-order chi connectivity index (χ1) is 9.06. The third-order valence-electron chi connectivity index (χ3n) is 5.67. The van der Waals surface area contributed by atoms with Gasteiger partial charge in [0.15, 0.2) is 0 Å². The number of nitrogens with zero attached hydrogens (tertiary/aromatic N) is 2. The number of thioether (sulfide) groups is 1. The van der Waals surface area contributed by atoms with Crippen LogP contribution in [0.2, 0.25) is 0 Å². The molecule has 0 saturated carbocycles. The van der Waals surface area contributed by atoms with E-state index in [-0.39, 0.29) is 5.54 Å². The molecule has 4 saturated heterocycles. The zero-order chi connectivity index (χ0) is 13.5.